The minimum atomic E-state index is -3.49. The van der Waals surface area contributed by atoms with Crippen LogP contribution < -0.4 is 4.72 Å². The number of hydrogen-bond acceptors (Lipinski definition) is 4. The van der Waals surface area contributed by atoms with Gasteiger partial charge in [-0.3, -0.25) is 0 Å². The lowest BCUT2D eigenvalue weighted by Gasteiger charge is -2.14. The van der Waals surface area contributed by atoms with E-state index in [0.717, 1.165) is 16.1 Å². The second kappa shape index (κ2) is 6.27. The number of aryl methyl sites for hydroxylation is 1. The zero-order valence-corrected chi connectivity index (χ0v) is 14.4. The lowest BCUT2D eigenvalue weighted by molar-refractivity contribution is 0.569. The van der Waals surface area contributed by atoms with Crippen LogP contribution in [-0.2, 0) is 10.0 Å². The van der Waals surface area contributed by atoms with Crippen LogP contribution in [0.15, 0.2) is 59.3 Å². The van der Waals surface area contributed by atoms with Crippen LogP contribution in [0.3, 0.4) is 0 Å². The highest BCUT2D eigenvalue weighted by Gasteiger charge is 2.19. The van der Waals surface area contributed by atoms with Gasteiger partial charge >= 0.3 is 0 Å². The Morgan fingerprint density at radius 1 is 1.17 bits per heavy atom. The molecule has 1 aromatic carbocycles. The highest BCUT2D eigenvalue weighted by atomic mass is 32.2. The van der Waals surface area contributed by atoms with Crippen LogP contribution >= 0.6 is 11.3 Å². The Morgan fingerprint density at radius 3 is 2.48 bits per heavy atom. The van der Waals surface area contributed by atoms with Crippen molar-refractivity contribution in [2.24, 2.45) is 0 Å². The number of nitrogens with zero attached hydrogens (tertiary/aromatic N) is 2. The average molecular weight is 347 g/mol. The summed E-state index contributed by atoms with van der Waals surface area (Å²) in [6.07, 6.45) is 5.30. The Morgan fingerprint density at radius 2 is 1.91 bits per heavy atom. The SMILES string of the molecule is Cc1ccc(S(=O)(=O)N[C@@H](C)c2ccc(-n3ccnc3)cc2)s1. The molecular formula is C16H17N3O2S2. The third-order valence-electron chi connectivity index (χ3n) is 3.51. The van der Waals surface area contributed by atoms with Gasteiger partial charge in [-0.05, 0) is 43.7 Å². The Hall–Kier alpha value is -1.96. The minimum Gasteiger partial charge on any atom is -0.306 e. The number of benzene rings is 1. The van der Waals surface area contributed by atoms with E-state index < -0.39 is 10.0 Å². The predicted octanol–water partition coefficient (Wildman–Crippen LogP) is 3.28. The second-order valence-electron chi connectivity index (χ2n) is 5.27. The van der Waals surface area contributed by atoms with Gasteiger partial charge in [0.05, 0.1) is 6.33 Å². The molecule has 0 saturated carbocycles. The number of thiophene rings is 1. The second-order valence-corrected chi connectivity index (χ2v) is 8.50. The van der Waals surface area contributed by atoms with E-state index in [0.29, 0.717) is 4.21 Å². The molecule has 3 rings (SSSR count). The third-order valence-corrected chi connectivity index (χ3v) is 6.54. The van der Waals surface area contributed by atoms with Crippen LogP contribution in [0, 0.1) is 6.92 Å². The van der Waals surface area contributed by atoms with Crippen molar-refractivity contribution in [3.8, 4) is 5.69 Å². The van der Waals surface area contributed by atoms with Crippen molar-refractivity contribution in [1.29, 1.82) is 0 Å². The highest BCUT2D eigenvalue weighted by molar-refractivity contribution is 7.91. The van der Waals surface area contributed by atoms with E-state index in [-0.39, 0.29) is 6.04 Å². The average Bonchev–Trinajstić information content (AvgIpc) is 3.18. The minimum absolute atomic E-state index is 0.306. The van der Waals surface area contributed by atoms with Gasteiger partial charge in [-0.1, -0.05) is 12.1 Å². The van der Waals surface area contributed by atoms with Gasteiger partial charge in [0.1, 0.15) is 4.21 Å². The Kier molecular flexibility index (Phi) is 4.34. The van der Waals surface area contributed by atoms with Gasteiger partial charge in [0.25, 0.3) is 10.0 Å². The van der Waals surface area contributed by atoms with Crippen LogP contribution in [0.2, 0.25) is 0 Å². The van der Waals surface area contributed by atoms with Crippen molar-refractivity contribution in [2.75, 3.05) is 0 Å². The molecule has 23 heavy (non-hydrogen) atoms. The molecule has 0 unspecified atom stereocenters. The van der Waals surface area contributed by atoms with E-state index in [1.807, 2.05) is 54.9 Å². The fraction of sp³-hybridized carbons (Fsp3) is 0.188. The number of sulfonamides is 1. The molecule has 120 valence electrons. The fourth-order valence-corrected chi connectivity index (χ4v) is 4.79. The molecule has 0 radical (unpaired) electrons. The number of aromatic nitrogens is 2. The standard InChI is InChI=1S/C16H17N3O2S2/c1-12-3-8-16(22-12)23(20,21)18-13(2)14-4-6-15(7-5-14)19-10-9-17-11-19/h3-11,13,18H,1-2H3/t13-/m0/s1. The quantitative estimate of drug-likeness (QED) is 0.770. The molecule has 5 nitrogen and oxygen atoms in total. The van der Waals surface area contributed by atoms with E-state index in [1.165, 1.54) is 11.3 Å². The van der Waals surface area contributed by atoms with Crippen LogP contribution in [0.1, 0.15) is 23.4 Å². The number of rotatable bonds is 5. The molecule has 3 aromatic rings. The van der Waals surface area contributed by atoms with Crippen molar-refractivity contribution >= 4 is 21.4 Å². The lowest BCUT2D eigenvalue weighted by Crippen LogP contribution is -2.26. The number of nitrogens with one attached hydrogen (secondary N) is 1. The van der Waals surface area contributed by atoms with Gasteiger partial charge in [-0.15, -0.1) is 11.3 Å². The smallest absolute Gasteiger partial charge is 0.250 e. The van der Waals surface area contributed by atoms with Crippen molar-refractivity contribution in [1.82, 2.24) is 14.3 Å². The maximum Gasteiger partial charge on any atom is 0.250 e. The summed E-state index contributed by atoms with van der Waals surface area (Å²) in [5.41, 5.74) is 1.89. The van der Waals surface area contributed by atoms with Gasteiger partial charge in [0, 0.05) is 29.0 Å². The first-order valence-corrected chi connectivity index (χ1v) is 9.43. The van der Waals surface area contributed by atoms with E-state index in [9.17, 15) is 8.42 Å². The number of hydrogen-bond donors (Lipinski definition) is 1. The normalized spacial score (nSPS) is 13.1. The van der Waals surface area contributed by atoms with Crippen molar-refractivity contribution < 1.29 is 8.42 Å². The summed E-state index contributed by atoms with van der Waals surface area (Å²) in [5.74, 6) is 0. The van der Waals surface area contributed by atoms with E-state index in [4.69, 9.17) is 0 Å². The van der Waals surface area contributed by atoms with Gasteiger partial charge in [0.2, 0.25) is 0 Å². The van der Waals surface area contributed by atoms with Crippen LogP contribution in [-0.4, -0.2) is 18.0 Å². The summed E-state index contributed by atoms with van der Waals surface area (Å²) in [5, 5.41) is 0. The Balaban J connectivity index is 1.77. The summed E-state index contributed by atoms with van der Waals surface area (Å²) < 4.78 is 29.7. The molecule has 0 aliphatic carbocycles. The molecule has 1 atom stereocenters. The third kappa shape index (κ3) is 3.52. The summed E-state index contributed by atoms with van der Waals surface area (Å²) >= 11 is 1.27. The molecule has 7 heteroatoms. The fourth-order valence-electron chi connectivity index (χ4n) is 2.26. The van der Waals surface area contributed by atoms with Crippen molar-refractivity contribution in [2.45, 2.75) is 24.1 Å². The van der Waals surface area contributed by atoms with Crippen molar-refractivity contribution in [3.05, 3.63) is 65.6 Å². The molecule has 0 bridgehead atoms. The Labute approximate surface area is 139 Å². The summed E-state index contributed by atoms with van der Waals surface area (Å²) in [4.78, 5) is 4.99. The molecule has 0 saturated heterocycles. The van der Waals surface area contributed by atoms with Gasteiger partial charge in [-0.25, -0.2) is 18.1 Å². The molecule has 0 fully saturated rings. The molecule has 2 heterocycles. The molecule has 1 N–H and O–H groups in total. The van der Waals surface area contributed by atoms with E-state index in [1.54, 1.807) is 18.6 Å². The van der Waals surface area contributed by atoms with Gasteiger partial charge in [0.15, 0.2) is 0 Å². The predicted molar refractivity (Wildman–Crippen MR) is 91.4 cm³/mol. The molecule has 0 spiro atoms. The first kappa shape index (κ1) is 15.9. The van der Waals surface area contributed by atoms with E-state index >= 15 is 0 Å². The Bertz CT molecular complexity index is 882. The van der Waals surface area contributed by atoms with Crippen LogP contribution in [0.4, 0.5) is 0 Å². The van der Waals surface area contributed by atoms with Crippen LogP contribution in [0.5, 0.6) is 0 Å². The highest BCUT2D eigenvalue weighted by Crippen LogP contribution is 2.23. The topological polar surface area (TPSA) is 64.0 Å². The summed E-state index contributed by atoms with van der Waals surface area (Å²) in [6, 6.07) is 10.9. The largest absolute Gasteiger partial charge is 0.306 e. The molecular weight excluding hydrogens is 330 g/mol. The first-order chi connectivity index (χ1) is 11.0. The molecule has 0 aliphatic rings. The monoisotopic (exact) mass is 347 g/mol. The first-order valence-electron chi connectivity index (χ1n) is 7.13. The zero-order chi connectivity index (χ0) is 16.4. The summed E-state index contributed by atoms with van der Waals surface area (Å²) in [6.45, 7) is 3.73. The number of imidazole rings is 1. The van der Waals surface area contributed by atoms with Gasteiger partial charge < -0.3 is 4.57 Å². The molecule has 0 aliphatic heterocycles. The van der Waals surface area contributed by atoms with E-state index in [2.05, 4.69) is 9.71 Å². The maximum absolute atomic E-state index is 12.4. The molecule has 0 amide bonds. The zero-order valence-electron chi connectivity index (χ0n) is 12.8. The van der Waals surface area contributed by atoms with Gasteiger partial charge in [-0.2, -0.15) is 0 Å². The summed E-state index contributed by atoms with van der Waals surface area (Å²) in [7, 11) is -3.49. The maximum atomic E-state index is 12.4. The molecule has 2 aromatic heterocycles. The van der Waals surface area contributed by atoms with Crippen molar-refractivity contribution in [3.63, 3.8) is 0 Å². The lowest BCUT2D eigenvalue weighted by atomic mass is 10.1. The van der Waals surface area contributed by atoms with Crippen LogP contribution in [0.25, 0.3) is 5.69 Å².